The van der Waals surface area contributed by atoms with Crippen LogP contribution in [0.4, 0.5) is 5.82 Å². The summed E-state index contributed by atoms with van der Waals surface area (Å²) in [4.78, 5) is 9.45. The van der Waals surface area contributed by atoms with Crippen LogP contribution in [-0.2, 0) is 0 Å². The molecule has 1 fully saturated rings. The molecule has 0 aromatic carbocycles. The fourth-order valence-corrected chi connectivity index (χ4v) is 3.06. The first kappa shape index (κ1) is 13.8. The van der Waals surface area contributed by atoms with Crippen molar-refractivity contribution >= 4 is 21.7 Å². The molecule has 4 heteroatoms. The molecule has 18 heavy (non-hydrogen) atoms. The molecule has 2 heterocycles. The van der Waals surface area contributed by atoms with Gasteiger partial charge < -0.3 is 4.90 Å². The van der Waals surface area contributed by atoms with E-state index < -0.39 is 0 Å². The summed E-state index contributed by atoms with van der Waals surface area (Å²) in [6.45, 7) is 13.2. The number of rotatable bonds is 1. The molecular weight excluding hydrogens is 290 g/mol. The summed E-state index contributed by atoms with van der Waals surface area (Å²) in [5, 5.41) is 0. The molecule has 2 rings (SSSR count). The second-order valence-electron chi connectivity index (χ2n) is 5.96. The summed E-state index contributed by atoms with van der Waals surface area (Å²) in [6.07, 6.45) is 1.94. The number of piperazine rings is 1. The smallest absolute Gasteiger partial charge is 0.142 e. The van der Waals surface area contributed by atoms with Crippen LogP contribution in [0.1, 0.15) is 26.3 Å². The summed E-state index contributed by atoms with van der Waals surface area (Å²) in [6, 6.07) is 2.14. The molecule has 1 aliphatic heterocycles. The third-order valence-electron chi connectivity index (χ3n) is 3.49. The molecule has 1 aliphatic rings. The van der Waals surface area contributed by atoms with Crippen LogP contribution < -0.4 is 4.90 Å². The normalized spacial score (nSPS) is 18.2. The van der Waals surface area contributed by atoms with Gasteiger partial charge in [0.25, 0.3) is 0 Å². The number of nitrogens with zero attached hydrogens (tertiary/aromatic N) is 3. The monoisotopic (exact) mass is 311 g/mol. The number of anilines is 1. The lowest BCUT2D eigenvalue weighted by molar-refractivity contribution is 0.128. The van der Waals surface area contributed by atoms with Crippen molar-refractivity contribution in [3.63, 3.8) is 0 Å². The molecule has 0 atom stereocenters. The average molecular weight is 312 g/mol. The van der Waals surface area contributed by atoms with E-state index in [1.807, 2.05) is 6.20 Å². The van der Waals surface area contributed by atoms with Crippen LogP contribution in [-0.4, -0.2) is 41.6 Å². The molecule has 100 valence electrons. The molecule has 3 nitrogen and oxygen atoms in total. The molecule has 1 saturated heterocycles. The van der Waals surface area contributed by atoms with Crippen LogP contribution in [0, 0.1) is 6.92 Å². The zero-order valence-electron chi connectivity index (χ0n) is 11.7. The quantitative estimate of drug-likeness (QED) is 0.794. The molecular formula is C14H22BrN3. The highest BCUT2D eigenvalue weighted by Gasteiger charge is 2.26. The van der Waals surface area contributed by atoms with Gasteiger partial charge in [-0.1, -0.05) is 0 Å². The second kappa shape index (κ2) is 5.17. The fourth-order valence-electron chi connectivity index (χ4n) is 2.35. The van der Waals surface area contributed by atoms with E-state index in [4.69, 9.17) is 0 Å². The summed E-state index contributed by atoms with van der Waals surface area (Å²) in [5.74, 6) is 1.08. The van der Waals surface area contributed by atoms with E-state index in [1.54, 1.807) is 0 Å². The lowest BCUT2D eigenvalue weighted by Crippen LogP contribution is -2.53. The summed E-state index contributed by atoms with van der Waals surface area (Å²) >= 11 is 3.62. The molecule has 0 unspecified atom stereocenters. The van der Waals surface area contributed by atoms with Gasteiger partial charge in [0.15, 0.2) is 0 Å². The predicted molar refractivity (Wildman–Crippen MR) is 80.2 cm³/mol. The van der Waals surface area contributed by atoms with E-state index >= 15 is 0 Å². The van der Waals surface area contributed by atoms with Crippen molar-refractivity contribution in [1.29, 1.82) is 0 Å². The third kappa shape index (κ3) is 3.04. The van der Waals surface area contributed by atoms with Gasteiger partial charge in [-0.25, -0.2) is 4.98 Å². The molecule has 0 N–H and O–H groups in total. The zero-order chi connectivity index (χ0) is 13.3. The number of aromatic nitrogens is 1. The van der Waals surface area contributed by atoms with Crippen molar-refractivity contribution in [2.45, 2.75) is 33.2 Å². The van der Waals surface area contributed by atoms with E-state index in [-0.39, 0.29) is 5.54 Å². The Labute approximate surface area is 118 Å². The van der Waals surface area contributed by atoms with Crippen LogP contribution in [0.15, 0.2) is 16.7 Å². The van der Waals surface area contributed by atoms with Crippen LogP contribution >= 0.6 is 15.9 Å². The van der Waals surface area contributed by atoms with E-state index in [0.717, 1.165) is 36.5 Å². The van der Waals surface area contributed by atoms with Crippen LogP contribution in [0.3, 0.4) is 0 Å². The van der Waals surface area contributed by atoms with Crippen LogP contribution in [0.25, 0.3) is 0 Å². The maximum atomic E-state index is 4.55. The Morgan fingerprint density at radius 2 is 1.78 bits per heavy atom. The second-order valence-corrected chi connectivity index (χ2v) is 6.82. The lowest BCUT2D eigenvalue weighted by Gasteiger charge is -2.42. The Morgan fingerprint density at radius 3 is 2.28 bits per heavy atom. The lowest BCUT2D eigenvalue weighted by atomic mass is 10.1. The van der Waals surface area contributed by atoms with Gasteiger partial charge in [-0.15, -0.1) is 0 Å². The summed E-state index contributed by atoms with van der Waals surface area (Å²) in [7, 11) is 0. The number of aryl methyl sites for hydroxylation is 1. The highest BCUT2D eigenvalue weighted by molar-refractivity contribution is 9.10. The first-order valence-corrected chi connectivity index (χ1v) is 7.29. The minimum Gasteiger partial charge on any atom is -0.353 e. The molecule has 1 aromatic rings. The molecule has 0 spiro atoms. The number of pyridine rings is 1. The van der Waals surface area contributed by atoms with Crippen molar-refractivity contribution in [1.82, 2.24) is 9.88 Å². The molecule has 0 aliphatic carbocycles. The number of halogens is 1. The Bertz CT molecular complexity index is 418. The largest absolute Gasteiger partial charge is 0.353 e. The van der Waals surface area contributed by atoms with Crippen molar-refractivity contribution in [3.05, 3.63) is 22.3 Å². The van der Waals surface area contributed by atoms with Gasteiger partial charge in [0.2, 0.25) is 0 Å². The Balaban J connectivity index is 2.06. The van der Waals surface area contributed by atoms with Crippen molar-refractivity contribution < 1.29 is 0 Å². The van der Waals surface area contributed by atoms with Crippen LogP contribution in [0.2, 0.25) is 0 Å². The first-order chi connectivity index (χ1) is 8.38. The Kier molecular flexibility index (Phi) is 3.97. The Morgan fingerprint density at radius 1 is 1.17 bits per heavy atom. The number of hydrogen-bond donors (Lipinski definition) is 0. The van der Waals surface area contributed by atoms with Gasteiger partial charge in [-0.05, 0) is 55.3 Å². The average Bonchev–Trinajstić information content (AvgIpc) is 2.28. The molecule has 0 bridgehead atoms. The third-order valence-corrected chi connectivity index (χ3v) is 4.07. The van der Waals surface area contributed by atoms with Crippen molar-refractivity contribution in [2.24, 2.45) is 0 Å². The number of hydrogen-bond acceptors (Lipinski definition) is 3. The fraction of sp³-hybridized carbons (Fsp3) is 0.643. The van der Waals surface area contributed by atoms with Gasteiger partial charge in [-0.3, -0.25) is 4.90 Å². The minimum absolute atomic E-state index is 0.268. The van der Waals surface area contributed by atoms with Crippen molar-refractivity contribution in [3.8, 4) is 0 Å². The van der Waals surface area contributed by atoms with E-state index in [0.29, 0.717) is 0 Å². The molecule has 1 aromatic heterocycles. The van der Waals surface area contributed by atoms with Crippen molar-refractivity contribution in [2.75, 3.05) is 31.1 Å². The van der Waals surface area contributed by atoms with Gasteiger partial charge in [0.1, 0.15) is 5.82 Å². The van der Waals surface area contributed by atoms with E-state index in [9.17, 15) is 0 Å². The SMILES string of the molecule is Cc1cnc(N2CCN(C(C)(C)C)CC2)c(Br)c1. The summed E-state index contributed by atoms with van der Waals surface area (Å²) < 4.78 is 1.10. The standard InChI is InChI=1S/C14H22BrN3/c1-11-9-12(15)13(16-10-11)17-5-7-18(8-6-17)14(2,3)4/h9-10H,5-8H2,1-4H3. The maximum absolute atomic E-state index is 4.55. The highest BCUT2D eigenvalue weighted by atomic mass is 79.9. The predicted octanol–water partition coefficient (Wildman–Crippen LogP) is 3.07. The zero-order valence-corrected chi connectivity index (χ0v) is 13.3. The topological polar surface area (TPSA) is 19.4 Å². The Hall–Kier alpha value is -0.610. The maximum Gasteiger partial charge on any atom is 0.142 e. The van der Waals surface area contributed by atoms with Gasteiger partial charge in [0, 0.05) is 37.9 Å². The van der Waals surface area contributed by atoms with Crippen LogP contribution in [0.5, 0.6) is 0 Å². The van der Waals surface area contributed by atoms with Gasteiger partial charge in [0.05, 0.1) is 4.47 Å². The van der Waals surface area contributed by atoms with E-state index in [1.165, 1.54) is 5.56 Å². The van der Waals surface area contributed by atoms with Gasteiger partial charge >= 0.3 is 0 Å². The summed E-state index contributed by atoms with van der Waals surface area (Å²) in [5.41, 5.74) is 1.46. The van der Waals surface area contributed by atoms with Gasteiger partial charge in [-0.2, -0.15) is 0 Å². The minimum atomic E-state index is 0.268. The highest BCUT2D eigenvalue weighted by Crippen LogP contribution is 2.26. The first-order valence-electron chi connectivity index (χ1n) is 6.50. The van der Waals surface area contributed by atoms with E-state index in [2.05, 4.69) is 64.5 Å². The molecule has 0 saturated carbocycles. The molecule has 0 radical (unpaired) electrons. The molecule has 0 amide bonds.